The highest BCUT2D eigenvalue weighted by Gasteiger charge is 2.13. The van der Waals surface area contributed by atoms with Crippen molar-refractivity contribution in [1.29, 1.82) is 0 Å². The van der Waals surface area contributed by atoms with Gasteiger partial charge in [0.1, 0.15) is 0 Å². The van der Waals surface area contributed by atoms with Crippen LogP contribution in [0.25, 0.3) is 10.1 Å². The molecule has 20 heavy (non-hydrogen) atoms. The SMILES string of the molecule is CCSc1nnc(NC(=O)c2cc3ccccc3s2)s1. The number of carbonyl (C=O) groups excluding carboxylic acids is 1. The lowest BCUT2D eigenvalue weighted by atomic mass is 10.2. The molecular formula is C13H11N3OS3. The molecule has 0 radical (unpaired) electrons. The van der Waals surface area contributed by atoms with Crippen molar-refractivity contribution in [3.05, 3.63) is 35.2 Å². The highest BCUT2D eigenvalue weighted by molar-refractivity contribution is 8.01. The fourth-order valence-electron chi connectivity index (χ4n) is 1.69. The third-order valence-electron chi connectivity index (χ3n) is 2.54. The van der Waals surface area contributed by atoms with Crippen LogP contribution < -0.4 is 5.32 Å². The van der Waals surface area contributed by atoms with Gasteiger partial charge in [0.2, 0.25) is 5.13 Å². The van der Waals surface area contributed by atoms with E-state index in [9.17, 15) is 4.79 Å². The summed E-state index contributed by atoms with van der Waals surface area (Å²) in [7, 11) is 0. The highest BCUT2D eigenvalue weighted by Crippen LogP contribution is 2.28. The molecule has 1 N–H and O–H groups in total. The number of hydrogen-bond acceptors (Lipinski definition) is 6. The van der Waals surface area contributed by atoms with Crippen LogP contribution in [0, 0.1) is 0 Å². The van der Waals surface area contributed by atoms with E-state index in [1.807, 2.05) is 30.3 Å². The molecule has 3 rings (SSSR count). The zero-order chi connectivity index (χ0) is 13.9. The van der Waals surface area contributed by atoms with Gasteiger partial charge in [-0.1, -0.05) is 48.2 Å². The Morgan fingerprint density at radius 2 is 2.15 bits per heavy atom. The maximum Gasteiger partial charge on any atom is 0.267 e. The van der Waals surface area contributed by atoms with E-state index < -0.39 is 0 Å². The van der Waals surface area contributed by atoms with E-state index in [0.29, 0.717) is 10.0 Å². The molecule has 0 atom stereocenters. The predicted molar refractivity (Wildman–Crippen MR) is 86.1 cm³/mol. The van der Waals surface area contributed by atoms with Crippen LogP contribution in [-0.4, -0.2) is 21.9 Å². The Kier molecular flexibility index (Phi) is 4.00. The lowest BCUT2D eigenvalue weighted by molar-refractivity contribution is 0.103. The molecule has 0 fully saturated rings. The Morgan fingerprint density at radius 3 is 2.95 bits per heavy atom. The van der Waals surface area contributed by atoms with E-state index in [2.05, 4.69) is 22.4 Å². The van der Waals surface area contributed by atoms with Crippen molar-refractivity contribution in [2.75, 3.05) is 11.1 Å². The second-order valence-electron chi connectivity index (χ2n) is 3.91. The van der Waals surface area contributed by atoms with Crippen molar-refractivity contribution in [3.8, 4) is 0 Å². The molecule has 0 aliphatic heterocycles. The lowest BCUT2D eigenvalue weighted by Gasteiger charge is -1.96. The first-order chi connectivity index (χ1) is 9.76. The van der Waals surface area contributed by atoms with E-state index >= 15 is 0 Å². The summed E-state index contributed by atoms with van der Waals surface area (Å²) in [6, 6.07) is 9.86. The Hall–Kier alpha value is -1.44. The van der Waals surface area contributed by atoms with E-state index in [4.69, 9.17) is 0 Å². The fourth-order valence-corrected chi connectivity index (χ4v) is 4.30. The summed E-state index contributed by atoms with van der Waals surface area (Å²) < 4.78 is 1.98. The molecule has 102 valence electrons. The molecule has 2 aromatic heterocycles. The van der Waals surface area contributed by atoms with Gasteiger partial charge in [0.15, 0.2) is 4.34 Å². The lowest BCUT2D eigenvalue weighted by Crippen LogP contribution is -2.09. The van der Waals surface area contributed by atoms with E-state index in [1.54, 1.807) is 11.8 Å². The number of hydrogen-bond donors (Lipinski definition) is 1. The number of nitrogens with one attached hydrogen (secondary N) is 1. The first-order valence-corrected chi connectivity index (χ1v) is 8.64. The van der Waals surface area contributed by atoms with Gasteiger partial charge in [-0.3, -0.25) is 10.1 Å². The number of nitrogens with zero attached hydrogens (tertiary/aromatic N) is 2. The standard InChI is InChI=1S/C13H11N3OS3/c1-2-18-13-16-15-12(20-13)14-11(17)10-7-8-5-3-4-6-9(8)19-10/h3-7H,2H2,1H3,(H,14,15,17). The number of thioether (sulfide) groups is 1. The first-order valence-electron chi connectivity index (χ1n) is 6.02. The topological polar surface area (TPSA) is 54.9 Å². The minimum atomic E-state index is -0.129. The smallest absolute Gasteiger partial charge is 0.267 e. The molecule has 1 amide bonds. The van der Waals surface area contributed by atoms with Gasteiger partial charge in [0.05, 0.1) is 4.88 Å². The van der Waals surface area contributed by atoms with Gasteiger partial charge in [-0.25, -0.2) is 0 Å². The van der Waals surface area contributed by atoms with E-state index in [-0.39, 0.29) is 5.91 Å². The fraction of sp³-hybridized carbons (Fsp3) is 0.154. The maximum absolute atomic E-state index is 12.2. The van der Waals surface area contributed by atoms with Crippen molar-refractivity contribution in [2.24, 2.45) is 0 Å². The van der Waals surface area contributed by atoms with Crippen molar-refractivity contribution in [3.63, 3.8) is 0 Å². The van der Waals surface area contributed by atoms with Gasteiger partial charge in [0.25, 0.3) is 5.91 Å². The number of benzene rings is 1. The molecule has 0 aliphatic carbocycles. The van der Waals surface area contributed by atoms with Crippen LogP contribution in [0.15, 0.2) is 34.7 Å². The summed E-state index contributed by atoms with van der Waals surface area (Å²) in [5.74, 6) is 0.814. The molecule has 4 nitrogen and oxygen atoms in total. The molecule has 2 heterocycles. The summed E-state index contributed by atoms with van der Waals surface area (Å²) in [5, 5.41) is 12.4. The first kappa shape index (κ1) is 13.5. The second-order valence-corrected chi connectivity index (χ2v) is 7.48. The average Bonchev–Trinajstić information content (AvgIpc) is 3.05. The molecule has 1 aromatic carbocycles. The number of carbonyl (C=O) groups is 1. The summed E-state index contributed by atoms with van der Waals surface area (Å²) in [6.45, 7) is 2.06. The Bertz CT molecular complexity index is 717. The quantitative estimate of drug-likeness (QED) is 0.580. The van der Waals surface area contributed by atoms with Gasteiger partial charge in [-0.2, -0.15) is 0 Å². The zero-order valence-corrected chi connectivity index (χ0v) is 13.1. The Balaban J connectivity index is 1.77. The monoisotopic (exact) mass is 321 g/mol. The zero-order valence-electron chi connectivity index (χ0n) is 10.6. The van der Waals surface area contributed by atoms with Gasteiger partial charge in [0, 0.05) is 4.70 Å². The molecule has 0 bridgehead atoms. The molecule has 7 heteroatoms. The average molecular weight is 321 g/mol. The van der Waals surface area contributed by atoms with Gasteiger partial charge >= 0.3 is 0 Å². The molecule has 0 unspecified atom stereocenters. The second kappa shape index (κ2) is 5.90. The van der Waals surface area contributed by atoms with Crippen LogP contribution in [0.4, 0.5) is 5.13 Å². The van der Waals surface area contributed by atoms with E-state index in [0.717, 1.165) is 20.2 Å². The maximum atomic E-state index is 12.2. The highest BCUT2D eigenvalue weighted by atomic mass is 32.2. The minimum Gasteiger partial charge on any atom is -0.296 e. The van der Waals surface area contributed by atoms with Gasteiger partial charge in [-0.15, -0.1) is 21.5 Å². The summed E-state index contributed by atoms with van der Waals surface area (Å²) in [4.78, 5) is 12.9. The molecule has 0 aliphatic rings. The van der Waals surface area contributed by atoms with Gasteiger partial charge in [-0.05, 0) is 23.3 Å². The molecule has 3 aromatic rings. The number of anilines is 1. The summed E-state index contributed by atoms with van der Waals surface area (Å²) >= 11 is 4.50. The molecular weight excluding hydrogens is 310 g/mol. The Labute approximate surface area is 128 Å². The Morgan fingerprint density at radius 1 is 1.30 bits per heavy atom. The van der Waals surface area contributed by atoms with Crippen LogP contribution in [0.5, 0.6) is 0 Å². The third-order valence-corrected chi connectivity index (χ3v) is 5.51. The number of thiophene rings is 1. The minimum absolute atomic E-state index is 0.129. The van der Waals surface area contributed by atoms with Crippen LogP contribution in [0.2, 0.25) is 0 Å². The third kappa shape index (κ3) is 2.84. The van der Waals surface area contributed by atoms with Crippen molar-refractivity contribution in [1.82, 2.24) is 10.2 Å². The summed E-state index contributed by atoms with van der Waals surface area (Å²) in [6.07, 6.45) is 0. The molecule has 0 spiro atoms. The van der Waals surface area contributed by atoms with E-state index in [1.165, 1.54) is 22.7 Å². The van der Waals surface area contributed by atoms with Crippen LogP contribution in [-0.2, 0) is 0 Å². The normalized spacial score (nSPS) is 10.8. The van der Waals surface area contributed by atoms with Crippen molar-refractivity contribution in [2.45, 2.75) is 11.3 Å². The number of amides is 1. The van der Waals surface area contributed by atoms with Gasteiger partial charge < -0.3 is 0 Å². The van der Waals surface area contributed by atoms with Crippen LogP contribution >= 0.6 is 34.4 Å². The molecule has 0 saturated carbocycles. The van der Waals surface area contributed by atoms with Crippen molar-refractivity contribution < 1.29 is 4.79 Å². The predicted octanol–water partition coefficient (Wildman–Crippen LogP) is 4.12. The number of rotatable bonds is 4. The summed E-state index contributed by atoms with van der Waals surface area (Å²) in [5.41, 5.74) is 0. The van der Waals surface area contributed by atoms with Crippen molar-refractivity contribution >= 4 is 55.6 Å². The van der Waals surface area contributed by atoms with Crippen LogP contribution in [0.3, 0.4) is 0 Å². The van der Waals surface area contributed by atoms with Crippen LogP contribution in [0.1, 0.15) is 16.6 Å². The largest absolute Gasteiger partial charge is 0.296 e. The molecule has 0 saturated heterocycles. The number of aromatic nitrogens is 2. The number of fused-ring (bicyclic) bond motifs is 1.